The third-order valence-corrected chi connectivity index (χ3v) is 3.99. The van der Waals surface area contributed by atoms with Gasteiger partial charge in [0.1, 0.15) is 6.04 Å². The number of nitrogens with zero attached hydrogens (tertiary/aromatic N) is 2. The van der Waals surface area contributed by atoms with Crippen LogP contribution in [0.15, 0.2) is 24.3 Å². The van der Waals surface area contributed by atoms with E-state index in [1.165, 1.54) is 0 Å². The third kappa shape index (κ3) is 3.83. The van der Waals surface area contributed by atoms with Crippen LogP contribution in [-0.4, -0.2) is 30.6 Å². The lowest BCUT2D eigenvalue weighted by molar-refractivity contribution is -0.149. The fourth-order valence-corrected chi connectivity index (χ4v) is 2.86. The number of nitriles is 1. The predicted molar refractivity (Wildman–Crippen MR) is 80.5 cm³/mol. The highest BCUT2D eigenvalue weighted by Gasteiger charge is 2.30. The maximum Gasteiger partial charge on any atom is 0.309 e. The Labute approximate surface area is 126 Å². The molecule has 1 atom stereocenters. The average Bonchev–Trinajstić information content (AvgIpc) is 2.49. The molecule has 1 fully saturated rings. The molecule has 1 unspecified atom stereocenters. The Balaban J connectivity index is 2.00. The molecule has 112 valence electrons. The van der Waals surface area contributed by atoms with Crippen LogP contribution in [0.2, 0.25) is 0 Å². The van der Waals surface area contributed by atoms with Crippen molar-refractivity contribution in [1.82, 2.24) is 4.90 Å². The van der Waals surface area contributed by atoms with E-state index in [0.29, 0.717) is 6.61 Å². The van der Waals surface area contributed by atoms with Crippen molar-refractivity contribution in [2.45, 2.75) is 32.7 Å². The van der Waals surface area contributed by atoms with Crippen molar-refractivity contribution in [2.75, 3.05) is 19.7 Å². The highest BCUT2D eigenvalue weighted by Crippen LogP contribution is 2.27. The lowest BCUT2D eigenvalue weighted by Crippen LogP contribution is -2.38. The van der Waals surface area contributed by atoms with Crippen LogP contribution in [-0.2, 0) is 9.53 Å². The minimum atomic E-state index is -0.229. The zero-order valence-corrected chi connectivity index (χ0v) is 12.7. The summed E-state index contributed by atoms with van der Waals surface area (Å²) in [6.45, 7) is 5.82. The van der Waals surface area contributed by atoms with Gasteiger partial charge in [0, 0.05) is 13.1 Å². The normalized spacial score (nSPS) is 18.0. The van der Waals surface area contributed by atoms with Gasteiger partial charge >= 0.3 is 5.97 Å². The molecule has 0 bridgehead atoms. The monoisotopic (exact) mass is 286 g/mol. The second-order valence-electron chi connectivity index (χ2n) is 5.51. The van der Waals surface area contributed by atoms with E-state index in [9.17, 15) is 10.1 Å². The number of carbonyl (C=O) groups excluding carboxylic acids is 1. The fraction of sp³-hybridized carbons (Fsp3) is 0.529. The highest BCUT2D eigenvalue weighted by atomic mass is 16.5. The van der Waals surface area contributed by atoms with Gasteiger partial charge in [0.05, 0.1) is 18.6 Å². The van der Waals surface area contributed by atoms with Gasteiger partial charge in [-0.1, -0.05) is 29.8 Å². The van der Waals surface area contributed by atoms with Crippen LogP contribution in [0.1, 0.15) is 36.9 Å². The third-order valence-electron chi connectivity index (χ3n) is 3.99. The molecule has 0 amide bonds. The second kappa shape index (κ2) is 7.24. The number of carbonyl (C=O) groups is 1. The van der Waals surface area contributed by atoms with E-state index in [1.807, 2.05) is 32.0 Å². The molecule has 1 aliphatic heterocycles. The molecule has 0 aromatic heterocycles. The van der Waals surface area contributed by atoms with Gasteiger partial charge in [0.25, 0.3) is 0 Å². The summed E-state index contributed by atoms with van der Waals surface area (Å²) in [5.74, 6) is -0.112. The summed E-state index contributed by atoms with van der Waals surface area (Å²) in [6, 6.07) is 10.2. The SMILES string of the molecule is CCOC(=O)C1CCN(C(C#N)c2cccc(C)c2)CC1. The summed E-state index contributed by atoms with van der Waals surface area (Å²) in [6.07, 6.45) is 1.53. The van der Waals surface area contributed by atoms with Gasteiger partial charge in [-0.3, -0.25) is 9.69 Å². The van der Waals surface area contributed by atoms with Crippen LogP contribution in [0.5, 0.6) is 0 Å². The number of rotatable bonds is 4. The van der Waals surface area contributed by atoms with Gasteiger partial charge in [-0.2, -0.15) is 5.26 Å². The van der Waals surface area contributed by atoms with Gasteiger partial charge < -0.3 is 4.74 Å². The fourth-order valence-electron chi connectivity index (χ4n) is 2.86. The Morgan fingerprint density at radius 1 is 1.48 bits per heavy atom. The smallest absolute Gasteiger partial charge is 0.309 e. The Kier molecular flexibility index (Phi) is 5.35. The molecule has 0 N–H and O–H groups in total. The summed E-state index contributed by atoms with van der Waals surface area (Å²) in [4.78, 5) is 13.9. The van der Waals surface area contributed by atoms with Crippen molar-refractivity contribution in [3.8, 4) is 6.07 Å². The number of benzene rings is 1. The number of piperidine rings is 1. The molecule has 0 radical (unpaired) electrons. The first-order valence-electron chi connectivity index (χ1n) is 7.52. The zero-order chi connectivity index (χ0) is 15.2. The molecule has 0 saturated carbocycles. The van der Waals surface area contributed by atoms with Crippen LogP contribution >= 0.6 is 0 Å². The minimum Gasteiger partial charge on any atom is -0.466 e. The first-order valence-corrected chi connectivity index (χ1v) is 7.52. The van der Waals surface area contributed by atoms with E-state index in [2.05, 4.69) is 17.0 Å². The topological polar surface area (TPSA) is 53.3 Å². The molecule has 1 heterocycles. The Morgan fingerprint density at radius 2 is 2.19 bits per heavy atom. The molecule has 1 aromatic rings. The van der Waals surface area contributed by atoms with E-state index in [1.54, 1.807) is 0 Å². The van der Waals surface area contributed by atoms with Crippen molar-refractivity contribution in [3.05, 3.63) is 35.4 Å². The number of aryl methyl sites for hydroxylation is 1. The van der Waals surface area contributed by atoms with Gasteiger partial charge in [-0.05, 0) is 32.3 Å². The zero-order valence-electron chi connectivity index (χ0n) is 12.7. The molecule has 2 rings (SSSR count). The minimum absolute atomic E-state index is 0.0157. The van der Waals surface area contributed by atoms with E-state index in [-0.39, 0.29) is 17.9 Å². The molecule has 4 heteroatoms. The van der Waals surface area contributed by atoms with E-state index in [0.717, 1.165) is 37.1 Å². The molecular formula is C17H22N2O2. The number of esters is 1. The van der Waals surface area contributed by atoms with Gasteiger partial charge in [-0.15, -0.1) is 0 Å². The van der Waals surface area contributed by atoms with E-state index >= 15 is 0 Å². The van der Waals surface area contributed by atoms with Crippen LogP contribution in [0, 0.1) is 24.2 Å². The number of likely N-dealkylation sites (tertiary alicyclic amines) is 1. The Morgan fingerprint density at radius 3 is 2.76 bits per heavy atom. The molecule has 4 nitrogen and oxygen atoms in total. The maximum absolute atomic E-state index is 11.8. The van der Waals surface area contributed by atoms with E-state index < -0.39 is 0 Å². The molecule has 1 aromatic carbocycles. The maximum atomic E-state index is 11.8. The summed E-state index contributed by atoms with van der Waals surface area (Å²) in [5, 5.41) is 9.50. The average molecular weight is 286 g/mol. The molecule has 1 aliphatic rings. The van der Waals surface area contributed by atoms with Crippen molar-refractivity contribution in [3.63, 3.8) is 0 Å². The first-order chi connectivity index (χ1) is 10.2. The van der Waals surface area contributed by atoms with Crippen molar-refractivity contribution in [2.24, 2.45) is 5.92 Å². The number of hydrogen-bond acceptors (Lipinski definition) is 4. The summed E-state index contributed by atoms with van der Waals surface area (Å²) in [7, 11) is 0. The van der Waals surface area contributed by atoms with Crippen molar-refractivity contribution >= 4 is 5.97 Å². The lowest BCUT2D eigenvalue weighted by Gasteiger charge is -2.33. The largest absolute Gasteiger partial charge is 0.466 e. The molecule has 0 aliphatic carbocycles. The van der Waals surface area contributed by atoms with Crippen molar-refractivity contribution < 1.29 is 9.53 Å². The highest BCUT2D eigenvalue weighted by molar-refractivity contribution is 5.72. The number of ether oxygens (including phenoxy) is 1. The first kappa shape index (κ1) is 15.5. The van der Waals surface area contributed by atoms with Crippen LogP contribution in [0.3, 0.4) is 0 Å². The van der Waals surface area contributed by atoms with Crippen LogP contribution < -0.4 is 0 Å². The molecule has 0 spiro atoms. The molecule has 1 saturated heterocycles. The van der Waals surface area contributed by atoms with Gasteiger partial charge in [-0.25, -0.2) is 0 Å². The van der Waals surface area contributed by atoms with Crippen molar-refractivity contribution in [1.29, 1.82) is 5.26 Å². The standard InChI is InChI=1S/C17H22N2O2/c1-3-21-17(20)14-7-9-19(10-8-14)16(12-18)15-6-4-5-13(2)11-15/h4-6,11,14,16H,3,7-10H2,1-2H3. The number of hydrogen-bond donors (Lipinski definition) is 0. The summed E-state index contributed by atoms with van der Waals surface area (Å²) in [5.41, 5.74) is 2.20. The van der Waals surface area contributed by atoms with Crippen LogP contribution in [0.25, 0.3) is 0 Å². The quantitative estimate of drug-likeness (QED) is 0.799. The predicted octanol–water partition coefficient (Wildman–Crippen LogP) is 2.83. The molecular weight excluding hydrogens is 264 g/mol. The summed E-state index contributed by atoms with van der Waals surface area (Å²) < 4.78 is 5.08. The second-order valence-corrected chi connectivity index (χ2v) is 5.51. The lowest BCUT2D eigenvalue weighted by atomic mass is 9.94. The van der Waals surface area contributed by atoms with Gasteiger partial charge in [0.2, 0.25) is 0 Å². The van der Waals surface area contributed by atoms with Gasteiger partial charge in [0.15, 0.2) is 0 Å². The Hall–Kier alpha value is -1.86. The summed E-state index contributed by atoms with van der Waals surface area (Å²) >= 11 is 0. The molecule has 21 heavy (non-hydrogen) atoms. The van der Waals surface area contributed by atoms with E-state index in [4.69, 9.17) is 4.74 Å². The Bertz CT molecular complexity index is 528. The van der Waals surface area contributed by atoms with Crippen LogP contribution in [0.4, 0.5) is 0 Å².